The molecule has 0 atom stereocenters. The molecule has 1 fully saturated rings. The average molecular weight is 447 g/mol. The Bertz CT molecular complexity index is 739. The summed E-state index contributed by atoms with van der Waals surface area (Å²) < 4.78 is 27.7. The van der Waals surface area contributed by atoms with E-state index >= 15 is 0 Å². The van der Waals surface area contributed by atoms with E-state index in [1.54, 1.807) is 0 Å². The van der Waals surface area contributed by atoms with E-state index in [-0.39, 0.29) is 18.6 Å². The number of aromatic nitrogens is 1. The first kappa shape index (κ1) is 17.6. The van der Waals surface area contributed by atoms with Gasteiger partial charge in [0.05, 0.1) is 17.6 Å². The monoisotopic (exact) mass is 447 g/mol. The van der Waals surface area contributed by atoms with Crippen LogP contribution >= 0.6 is 22.6 Å². The number of carbonyl (C=O) groups excluding carboxylic acids is 1. The number of hydrogen-bond donors (Lipinski definition) is 2. The van der Waals surface area contributed by atoms with Crippen molar-refractivity contribution in [1.29, 1.82) is 0 Å². The molecule has 7 heteroatoms. The zero-order valence-electron chi connectivity index (χ0n) is 13.1. The maximum atomic E-state index is 12.3. The van der Waals surface area contributed by atoms with E-state index in [9.17, 15) is 13.6 Å². The lowest BCUT2D eigenvalue weighted by molar-refractivity contribution is 0.100. The number of fused-ring (bicyclic) bond motifs is 1. The van der Waals surface area contributed by atoms with Crippen LogP contribution in [0.5, 0.6) is 0 Å². The van der Waals surface area contributed by atoms with Crippen molar-refractivity contribution in [2.45, 2.75) is 44.2 Å². The summed E-state index contributed by atoms with van der Waals surface area (Å²) in [5.41, 5.74) is 6.98. The molecule has 1 aliphatic rings. The predicted octanol–water partition coefficient (Wildman–Crippen LogP) is 3.68. The Morgan fingerprint density at radius 3 is 2.67 bits per heavy atom. The van der Waals surface area contributed by atoms with Gasteiger partial charge in [0.25, 0.3) is 12.3 Å². The minimum Gasteiger partial charge on any atom is -0.366 e. The molecule has 130 valence electrons. The smallest absolute Gasteiger partial charge is 0.250 e. The van der Waals surface area contributed by atoms with Crippen LogP contribution in [-0.2, 0) is 0 Å². The van der Waals surface area contributed by atoms with Crippen LogP contribution < -0.4 is 11.1 Å². The van der Waals surface area contributed by atoms with E-state index in [2.05, 4.69) is 32.5 Å². The molecule has 24 heavy (non-hydrogen) atoms. The Morgan fingerprint density at radius 1 is 1.33 bits per heavy atom. The van der Waals surface area contributed by atoms with Gasteiger partial charge in [-0.15, -0.1) is 0 Å². The first-order valence-corrected chi connectivity index (χ1v) is 9.15. The summed E-state index contributed by atoms with van der Waals surface area (Å²) in [5, 5.41) is 3.93. The largest absolute Gasteiger partial charge is 0.366 e. The molecule has 0 spiro atoms. The van der Waals surface area contributed by atoms with E-state index in [1.807, 2.05) is 24.4 Å². The van der Waals surface area contributed by atoms with Crippen LogP contribution in [0.1, 0.15) is 42.1 Å². The van der Waals surface area contributed by atoms with Crippen LogP contribution in [-0.4, -0.2) is 29.5 Å². The normalized spacial score (nSPS) is 21.5. The topological polar surface area (TPSA) is 60.1 Å². The number of hydrogen-bond acceptors (Lipinski definition) is 2. The van der Waals surface area contributed by atoms with Gasteiger partial charge in [0.2, 0.25) is 0 Å². The Hall–Kier alpha value is -1.22. The van der Waals surface area contributed by atoms with E-state index in [0.29, 0.717) is 5.56 Å². The number of nitrogens with one attached hydrogen (secondary N) is 1. The number of carbonyl (C=O) groups is 1. The number of nitrogens with zero attached hydrogens (tertiary/aromatic N) is 1. The molecule has 4 nitrogen and oxygen atoms in total. The van der Waals surface area contributed by atoms with Crippen molar-refractivity contribution in [3.8, 4) is 0 Å². The third-order valence-corrected chi connectivity index (χ3v) is 5.32. The Kier molecular flexibility index (Phi) is 5.39. The van der Waals surface area contributed by atoms with Crippen molar-refractivity contribution < 1.29 is 13.6 Å². The Morgan fingerprint density at radius 2 is 2.04 bits per heavy atom. The molecule has 3 rings (SSSR count). The van der Waals surface area contributed by atoms with Crippen LogP contribution in [0.2, 0.25) is 0 Å². The van der Waals surface area contributed by atoms with Crippen molar-refractivity contribution >= 4 is 39.4 Å². The highest BCUT2D eigenvalue weighted by Gasteiger charge is 2.24. The van der Waals surface area contributed by atoms with Crippen molar-refractivity contribution in [3.05, 3.63) is 33.5 Å². The summed E-state index contributed by atoms with van der Waals surface area (Å²) in [6, 6.07) is 6.27. The number of halogens is 3. The van der Waals surface area contributed by atoms with E-state index in [4.69, 9.17) is 5.73 Å². The minimum atomic E-state index is -2.31. The lowest BCUT2D eigenvalue weighted by Crippen LogP contribution is -2.36. The summed E-state index contributed by atoms with van der Waals surface area (Å²) in [5.74, 6) is -0.425. The van der Waals surface area contributed by atoms with E-state index < -0.39 is 12.3 Å². The van der Waals surface area contributed by atoms with Crippen molar-refractivity contribution in [2.75, 3.05) is 6.54 Å². The van der Waals surface area contributed by atoms with Crippen LogP contribution in [0, 0.1) is 3.57 Å². The molecule has 0 aliphatic heterocycles. The summed E-state index contributed by atoms with van der Waals surface area (Å²) >= 11 is 2.18. The lowest BCUT2D eigenvalue weighted by atomic mass is 9.90. The molecule has 0 unspecified atom stereocenters. The number of benzene rings is 1. The second-order valence-electron chi connectivity index (χ2n) is 6.28. The van der Waals surface area contributed by atoms with Crippen molar-refractivity contribution in [2.24, 2.45) is 5.73 Å². The van der Waals surface area contributed by atoms with E-state index in [0.717, 1.165) is 40.2 Å². The molecular formula is C17H20F2IN3O. The van der Waals surface area contributed by atoms with Gasteiger partial charge < -0.3 is 15.6 Å². The maximum absolute atomic E-state index is 12.3. The maximum Gasteiger partial charge on any atom is 0.250 e. The van der Waals surface area contributed by atoms with Gasteiger partial charge in [-0.2, -0.15) is 0 Å². The molecule has 1 heterocycles. The predicted molar refractivity (Wildman–Crippen MR) is 98.5 cm³/mol. The van der Waals surface area contributed by atoms with Gasteiger partial charge in [-0.3, -0.25) is 4.79 Å². The molecule has 3 N–H and O–H groups in total. The first-order chi connectivity index (χ1) is 11.5. The van der Waals surface area contributed by atoms with Crippen LogP contribution in [0.4, 0.5) is 8.78 Å². The number of alkyl halides is 2. The van der Waals surface area contributed by atoms with Gasteiger partial charge >= 0.3 is 0 Å². The highest BCUT2D eigenvalue weighted by molar-refractivity contribution is 14.1. The van der Waals surface area contributed by atoms with Crippen molar-refractivity contribution in [3.63, 3.8) is 0 Å². The Balaban J connectivity index is 1.80. The molecule has 2 aromatic rings. The number of nitrogens with two attached hydrogens (primary N) is 1. The van der Waals surface area contributed by atoms with Gasteiger partial charge in [-0.1, -0.05) is 0 Å². The lowest BCUT2D eigenvalue weighted by Gasteiger charge is -2.31. The van der Waals surface area contributed by atoms with Crippen LogP contribution in [0.25, 0.3) is 10.9 Å². The number of amides is 1. The second-order valence-corrected chi connectivity index (χ2v) is 7.53. The second kappa shape index (κ2) is 7.35. The third kappa shape index (κ3) is 3.72. The zero-order chi connectivity index (χ0) is 17.3. The number of primary amides is 1. The fourth-order valence-corrected chi connectivity index (χ4v) is 4.22. The molecule has 0 bridgehead atoms. The first-order valence-electron chi connectivity index (χ1n) is 8.07. The van der Waals surface area contributed by atoms with Crippen LogP contribution in [0.3, 0.4) is 0 Å². The van der Waals surface area contributed by atoms with Gasteiger partial charge in [0, 0.05) is 27.2 Å². The fraction of sp³-hybridized carbons (Fsp3) is 0.471. The summed E-state index contributed by atoms with van der Waals surface area (Å²) in [7, 11) is 0. The third-order valence-electron chi connectivity index (χ3n) is 4.69. The molecule has 0 radical (unpaired) electrons. The molecule has 1 aliphatic carbocycles. The van der Waals surface area contributed by atoms with Crippen LogP contribution in [0.15, 0.2) is 24.4 Å². The summed E-state index contributed by atoms with van der Waals surface area (Å²) in [6.07, 6.45) is 3.20. The highest BCUT2D eigenvalue weighted by atomic mass is 127. The molecule has 0 saturated heterocycles. The fourth-order valence-electron chi connectivity index (χ4n) is 3.58. The van der Waals surface area contributed by atoms with Gasteiger partial charge in [0.1, 0.15) is 0 Å². The molecule has 1 aromatic heterocycles. The van der Waals surface area contributed by atoms with Gasteiger partial charge in [0.15, 0.2) is 0 Å². The quantitative estimate of drug-likeness (QED) is 0.688. The Labute approximate surface area is 152 Å². The molecule has 1 amide bonds. The molecule has 1 saturated carbocycles. The SMILES string of the molecule is NC(=O)c1cc(I)cc2ccn(C3CCC(NCC(F)F)CC3)c12. The van der Waals surface area contributed by atoms with Gasteiger partial charge in [-0.05, 0) is 66.5 Å². The average Bonchev–Trinajstić information content (AvgIpc) is 2.96. The molecule has 1 aromatic carbocycles. The molecular weight excluding hydrogens is 427 g/mol. The van der Waals surface area contributed by atoms with Gasteiger partial charge in [-0.25, -0.2) is 8.78 Å². The standard InChI is InChI=1S/C17H20F2IN3O/c18-15(19)9-22-12-1-3-13(4-2-12)23-6-5-10-7-11(20)8-14(16(10)23)17(21)24/h5-8,12-13,15,22H,1-4,9H2,(H2,21,24). The zero-order valence-corrected chi connectivity index (χ0v) is 15.3. The van der Waals surface area contributed by atoms with E-state index in [1.165, 1.54) is 0 Å². The highest BCUT2D eigenvalue weighted by Crippen LogP contribution is 2.33. The van der Waals surface area contributed by atoms with Crippen molar-refractivity contribution in [1.82, 2.24) is 9.88 Å². The minimum absolute atomic E-state index is 0.147. The number of rotatable bonds is 5. The summed E-state index contributed by atoms with van der Waals surface area (Å²) in [4.78, 5) is 11.8. The summed E-state index contributed by atoms with van der Waals surface area (Å²) in [6.45, 7) is -0.244.